The largest absolute Gasteiger partial charge is 0.494 e. The second-order valence-corrected chi connectivity index (χ2v) is 8.37. The molecule has 0 spiro atoms. The van der Waals surface area contributed by atoms with Crippen molar-refractivity contribution >= 4 is 21.7 Å². The Morgan fingerprint density at radius 3 is 2.52 bits per heavy atom. The van der Waals surface area contributed by atoms with E-state index >= 15 is 0 Å². The zero-order valence-electron chi connectivity index (χ0n) is 17.5. The van der Waals surface area contributed by atoms with Gasteiger partial charge in [0.15, 0.2) is 5.96 Å². The van der Waals surface area contributed by atoms with E-state index in [0.29, 0.717) is 37.9 Å². The van der Waals surface area contributed by atoms with Crippen LogP contribution >= 0.6 is 0 Å². The molecule has 0 aromatic heterocycles. The molecular formula is C21H30N4O3S. The first kappa shape index (κ1) is 22.5. The Bertz CT molecular complexity index is 943. The van der Waals surface area contributed by atoms with E-state index < -0.39 is 10.0 Å². The van der Waals surface area contributed by atoms with E-state index in [2.05, 4.69) is 20.3 Å². The average Bonchev–Trinajstić information content (AvgIpc) is 2.65. The third-order valence-electron chi connectivity index (χ3n) is 4.03. The van der Waals surface area contributed by atoms with Crippen LogP contribution < -0.4 is 20.1 Å². The summed E-state index contributed by atoms with van der Waals surface area (Å²) < 4.78 is 31.4. The number of para-hydroxylation sites is 1. The molecule has 0 atom stereocenters. The predicted molar refractivity (Wildman–Crippen MR) is 119 cm³/mol. The van der Waals surface area contributed by atoms with Gasteiger partial charge in [-0.15, -0.1) is 0 Å². The fraction of sp³-hybridized carbons (Fsp3) is 0.381. The smallest absolute Gasteiger partial charge is 0.229 e. The Morgan fingerprint density at radius 2 is 1.83 bits per heavy atom. The molecule has 0 aliphatic rings. The topological polar surface area (TPSA) is 91.8 Å². The summed E-state index contributed by atoms with van der Waals surface area (Å²) >= 11 is 0. The van der Waals surface area contributed by atoms with E-state index in [1.54, 1.807) is 12.1 Å². The van der Waals surface area contributed by atoms with Crippen molar-refractivity contribution in [2.75, 3.05) is 24.1 Å². The summed E-state index contributed by atoms with van der Waals surface area (Å²) in [5.41, 5.74) is 3.53. The highest BCUT2D eigenvalue weighted by atomic mass is 32.2. The van der Waals surface area contributed by atoms with Crippen LogP contribution in [0.3, 0.4) is 0 Å². The lowest BCUT2D eigenvalue weighted by Crippen LogP contribution is -2.37. The van der Waals surface area contributed by atoms with Gasteiger partial charge in [0.2, 0.25) is 10.0 Å². The average molecular weight is 419 g/mol. The maximum absolute atomic E-state index is 11.6. The maximum Gasteiger partial charge on any atom is 0.229 e. The molecule has 7 nitrogen and oxygen atoms in total. The second kappa shape index (κ2) is 10.7. The minimum absolute atomic E-state index is 0.427. The first-order valence-electron chi connectivity index (χ1n) is 9.62. The number of nitrogens with one attached hydrogen (secondary N) is 3. The van der Waals surface area contributed by atoms with Gasteiger partial charge in [0.25, 0.3) is 0 Å². The molecule has 8 heteroatoms. The van der Waals surface area contributed by atoms with Gasteiger partial charge < -0.3 is 15.4 Å². The first-order valence-corrected chi connectivity index (χ1v) is 11.5. The lowest BCUT2D eigenvalue weighted by molar-refractivity contribution is 0.336. The van der Waals surface area contributed by atoms with Gasteiger partial charge in [0.05, 0.1) is 25.1 Å². The molecule has 3 N–H and O–H groups in total. The van der Waals surface area contributed by atoms with Crippen molar-refractivity contribution in [2.24, 2.45) is 4.99 Å². The standard InChI is InChI=1S/C21H30N4O3S/c1-5-22-21(24-15-18-12-11-16(3)13-20(18)28-6-2)23-14-17-9-7-8-10-19(17)25-29(4,26)27/h7-13,25H,5-6,14-15H2,1-4H3,(H2,22,23,24). The summed E-state index contributed by atoms with van der Waals surface area (Å²) in [5.74, 6) is 1.49. The van der Waals surface area contributed by atoms with Crippen LogP contribution in [0.2, 0.25) is 0 Å². The molecular weight excluding hydrogens is 388 g/mol. The van der Waals surface area contributed by atoms with Crippen molar-refractivity contribution in [3.05, 3.63) is 59.2 Å². The van der Waals surface area contributed by atoms with Gasteiger partial charge in [-0.1, -0.05) is 30.3 Å². The van der Waals surface area contributed by atoms with Gasteiger partial charge >= 0.3 is 0 Å². The van der Waals surface area contributed by atoms with Crippen LogP contribution in [0, 0.1) is 6.92 Å². The molecule has 0 aliphatic heterocycles. The quantitative estimate of drug-likeness (QED) is 0.430. The highest BCUT2D eigenvalue weighted by Gasteiger charge is 2.08. The summed E-state index contributed by atoms with van der Waals surface area (Å²) in [6.07, 6.45) is 1.14. The number of anilines is 1. The van der Waals surface area contributed by atoms with E-state index in [9.17, 15) is 8.42 Å². The van der Waals surface area contributed by atoms with E-state index in [1.807, 2.05) is 51.1 Å². The fourth-order valence-electron chi connectivity index (χ4n) is 2.74. The van der Waals surface area contributed by atoms with E-state index in [0.717, 1.165) is 28.7 Å². The van der Waals surface area contributed by atoms with Crippen LogP contribution in [0.5, 0.6) is 5.75 Å². The SMILES string of the molecule is CCNC(=NCc1ccc(C)cc1OCC)NCc1ccccc1NS(C)(=O)=O. The number of aryl methyl sites for hydroxylation is 1. The Kier molecular flexibility index (Phi) is 8.33. The van der Waals surface area contributed by atoms with Crippen LogP contribution in [-0.4, -0.2) is 33.8 Å². The van der Waals surface area contributed by atoms with E-state index in [1.165, 1.54) is 0 Å². The molecule has 0 fully saturated rings. The molecule has 0 saturated carbocycles. The fourth-order valence-corrected chi connectivity index (χ4v) is 3.34. The Balaban J connectivity index is 2.13. The molecule has 29 heavy (non-hydrogen) atoms. The van der Waals surface area contributed by atoms with Crippen LogP contribution in [0.15, 0.2) is 47.5 Å². The highest BCUT2D eigenvalue weighted by Crippen LogP contribution is 2.21. The van der Waals surface area contributed by atoms with Crippen molar-refractivity contribution < 1.29 is 13.2 Å². The van der Waals surface area contributed by atoms with E-state index in [4.69, 9.17) is 4.74 Å². The van der Waals surface area contributed by atoms with Gasteiger partial charge in [-0.25, -0.2) is 13.4 Å². The van der Waals surface area contributed by atoms with Crippen molar-refractivity contribution in [3.8, 4) is 5.75 Å². The van der Waals surface area contributed by atoms with Crippen LogP contribution in [0.1, 0.15) is 30.5 Å². The third-order valence-corrected chi connectivity index (χ3v) is 4.62. The molecule has 0 bridgehead atoms. The summed E-state index contributed by atoms with van der Waals surface area (Å²) in [5, 5.41) is 6.47. The van der Waals surface area contributed by atoms with Crippen molar-refractivity contribution in [1.29, 1.82) is 0 Å². The predicted octanol–water partition coefficient (Wildman–Crippen LogP) is 3.02. The zero-order chi connectivity index (χ0) is 21.3. The molecule has 2 aromatic carbocycles. The summed E-state index contributed by atoms with van der Waals surface area (Å²) in [6.45, 7) is 8.19. The molecule has 158 valence electrons. The minimum atomic E-state index is -3.35. The number of nitrogens with zero attached hydrogens (tertiary/aromatic N) is 1. The van der Waals surface area contributed by atoms with Gasteiger partial charge in [0, 0.05) is 18.7 Å². The second-order valence-electron chi connectivity index (χ2n) is 6.62. The number of rotatable bonds is 9. The van der Waals surface area contributed by atoms with Crippen molar-refractivity contribution in [1.82, 2.24) is 10.6 Å². The normalized spacial score (nSPS) is 11.8. The summed E-state index contributed by atoms with van der Waals surface area (Å²) in [4.78, 5) is 4.65. The maximum atomic E-state index is 11.6. The number of hydrogen-bond acceptors (Lipinski definition) is 4. The Hall–Kier alpha value is -2.74. The third kappa shape index (κ3) is 7.65. The first-order chi connectivity index (χ1) is 13.8. The Morgan fingerprint density at radius 1 is 1.07 bits per heavy atom. The number of hydrogen-bond donors (Lipinski definition) is 3. The van der Waals surface area contributed by atoms with Gasteiger partial charge in [-0.3, -0.25) is 4.72 Å². The highest BCUT2D eigenvalue weighted by molar-refractivity contribution is 7.92. The zero-order valence-corrected chi connectivity index (χ0v) is 18.3. The molecule has 2 rings (SSSR count). The summed E-state index contributed by atoms with van der Waals surface area (Å²) in [6, 6.07) is 13.4. The van der Waals surface area contributed by atoms with E-state index in [-0.39, 0.29) is 0 Å². The van der Waals surface area contributed by atoms with Gasteiger partial charge in [0.1, 0.15) is 5.75 Å². The molecule has 0 unspecified atom stereocenters. The van der Waals surface area contributed by atoms with Crippen molar-refractivity contribution in [2.45, 2.75) is 33.9 Å². The monoisotopic (exact) mass is 418 g/mol. The molecule has 0 aliphatic carbocycles. The lowest BCUT2D eigenvalue weighted by Gasteiger charge is -2.15. The molecule has 0 heterocycles. The Labute approximate surface area is 173 Å². The number of benzene rings is 2. The number of guanidine groups is 1. The number of aliphatic imine (C=N–C) groups is 1. The van der Waals surface area contributed by atoms with Crippen LogP contribution in [-0.2, 0) is 23.1 Å². The molecule has 2 aromatic rings. The summed E-state index contributed by atoms with van der Waals surface area (Å²) in [7, 11) is -3.35. The van der Waals surface area contributed by atoms with Crippen LogP contribution in [0.4, 0.5) is 5.69 Å². The van der Waals surface area contributed by atoms with Crippen LogP contribution in [0.25, 0.3) is 0 Å². The van der Waals surface area contributed by atoms with Gasteiger partial charge in [-0.2, -0.15) is 0 Å². The lowest BCUT2D eigenvalue weighted by atomic mass is 10.1. The minimum Gasteiger partial charge on any atom is -0.494 e. The van der Waals surface area contributed by atoms with Crippen molar-refractivity contribution in [3.63, 3.8) is 0 Å². The number of ether oxygens (including phenoxy) is 1. The molecule has 0 amide bonds. The van der Waals surface area contributed by atoms with Gasteiger partial charge in [-0.05, 0) is 44.0 Å². The number of sulfonamides is 1. The molecule has 0 radical (unpaired) electrons. The molecule has 0 saturated heterocycles.